The van der Waals surface area contributed by atoms with E-state index in [1.807, 2.05) is 0 Å². The van der Waals surface area contributed by atoms with Gasteiger partial charge >= 0.3 is 5.97 Å². The zero-order valence-electron chi connectivity index (χ0n) is 6.11. The molecule has 0 rings (SSSR count). The fourth-order valence-electron chi connectivity index (χ4n) is 0.388. The van der Waals surface area contributed by atoms with E-state index >= 15 is 0 Å². The van der Waals surface area contributed by atoms with Gasteiger partial charge in [-0.05, 0) is 22.9 Å². The second kappa shape index (κ2) is 5.18. The molecule has 0 fully saturated rings. The first-order valence-corrected chi connectivity index (χ1v) is 3.80. The van der Waals surface area contributed by atoms with Crippen LogP contribution in [0.15, 0.2) is 10.3 Å². The Morgan fingerprint density at radius 3 is 2.42 bits per heavy atom. The van der Waals surface area contributed by atoms with Crippen LogP contribution in [0.5, 0.6) is 0 Å². The van der Waals surface area contributed by atoms with Crippen LogP contribution in [0.4, 0.5) is 13.2 Å². The normalized spacial score (nSPS) is 12.8. The molecule has 0 aliphatic heterocycles. The molecule has 0 saturated carbocycles. The van der Waals surface area contributed by atoms with Crippen LogP contribution in [-0.4, -0.2) is 19.0 Å². The van der Waals surface area contributed by atoms with E-state index in [1.165, 1.54) is 6.92 Å². The van der Waals surface area contributed by atoms with Gasteiger partial charge in [-0.3, -0.25) is 0 Å². The van der Waals surface area contributed by atoms with Gasteiger partial charge in [-0.25, -0.2) is 18.0 Å². The number of ether oxygens (including phenoxy) is 1. The molecule has 0 saturated heterocycles. The van der Waals surface area contributed by atoms with Crippen LogP contribution < -0.4 is 0 Å². The maximum atomic E-state index is 12.3. The van der Waals surface area contributed by atoms with Crippen LogP contribution in [0.2, 0.25) is 0 Å². The summed E-state index contributed by atoms with van der Waals surface area (Å²) in [5.41, 5.74) is 0. The summed E-state index contributed by atoms with van der Waals surface area (Å²) >= 11 is 2.36. The largest absolute Gasteiger partial charge is 0.462 e. The van der Waals surface area contributed by atoms with Gasteiger partial charge in [0.05, 0.1) is 6.61 Å². The van der Waals surface area contributed by atoms with Crippen molar-refractivity contribution in [2.75, 3.05) is 6.61 Å². The van der Waals surface area contributed by atoms with Crippen LogP contribution >= 0.6 is 15.9 Å². The minimum atomic E-state index is -3.30. The molecule has 12 heavy (non-hydrogen) atoms. The van der Waals surface area contributed by atoms with Crippen molar-refractivity contribution in [3.63, 3.8) is 0 Å². The molecule has 0 aliphatic rings. The van der Waals surface area contributed by atoms with Crippen LogP contribution in [0.1, 0.15) is 6.92 Å². The predicted molar refractivity (Wildman–Crippen MR) is 39.7 cm³/mol. The number of alkyl halides is 2. The number of allylic oxidation sites excluding steroid dienone is 1. The third-order valence-electron chi connectivity index (χ3n) is 0.856. The summed E-state index contributed by atoms with van der Waals surface area (Å²) < 4.78 is 38.9. The molecule has 2 nitrogen and oxygen atoms in total. The van der Waals surface area contributed by atoms with Gasteiger partial charge in [0, 0.05) is 0 Å². The van der Waals surface area contributed by atoms with Crippen molar-refractivity contribution in [3.05, 3.63) is 10.3 Å². The van der Waals surface area contributed by atoms with E-state index < -0.39 is 22.7 Å². The van der Waals surface area contributed by atoms with E-state index in [9.17, 15) is 18.0 Å². The number of carbonyl (C=O) groups excluding carboxylic acids is 1. The minimum absolute atomic E-state index is 0.00442. The number of rotatable bonds is 3. The van der Waals surface area contributed by atoms with Crippen molar-refractivity contribution in [2.24, 2.45) is 0 Å². The monoisotopic (exact) mass is 246 g/mol. The zero-order valence-corrected chi connectivity index (χ0v) is 7.70. The topological polar surface area (TPSA) is 26.3 Å². The van der Waals surface area contributed by atoms with Gasteiger partial charge in [-0.15, -0.1) is 0 Å². The van der Waals surface area contributed by atoms with Crippen molar-refractivity contribution >= 4 is 21.9 Å². The highest BCUT2D eigenvalue weighted by molar-refractivity contribution is 9.12. The Kier molecular flexibility index (Phi) is 4.96. The van der Waals surface area contributed by atoms with Gasteiger partial charge in [0.25, 0.3) is 6.43 Å². The Balaban J connectivity index is 4.43. The number of hydrogen-bond donors (Lipinski definition) is 0. The molecule has 0 aromatic rings. The summed E-state index contributed by atoms with van der Waals surface area (Å²) in [7, 11) is 0. The van der Waals surface area contributed by atoms with Crippen molar-refractivity contribution in [1.82, 2.24) is 0 Å². The molecule has 0 radical (unpaired) electrons. The molecular weight excluding hydrogens is 241 g/mol. The van der Waals surface area contributed by atoms with Gasteiger partial charge in [0.2, 0.25) is 0 Å². The SMILES string of the molecule is CCOC(=O)/C(Br)=C(\F)C(F)F. The molecule has 0 unspecified atom stereocenters. The second-order valence-corrected chi connectivity index (χ2v) is 2.48. The summed E-state index contributed by atoms with van der Waals surface area (Å²) in [6.45, 7) is 1.49. The lowest BCUT2D eigenvalue weighted by atomic mass is 10.5. The second-order valence-electron chi connectivity index (χ2n) is 1.68. The Morgan fingerprint density at radius 1 is 1.58 bits per heavy atom. The molecule has 0 heterocycles. The number of carbonyl (C=O) groups is 1. The number of esters is 1. The summed E-state index contributed by atoms with van der Waals surface area (Å²) in [6, 6.07) is 0. The molecule has 0 N–H and O–H groups in total. The lowest BCUT2D eigenvalue weighted by Gasteiger charge is -2.01. The highest BCUT2D eigenvalue weighted by Gasteiger charge is 2.20. The summed E-state index contributed by atoms with van der Waals surface area (Å²) in [4.78, 5) is 10.6. The summed E-state index contributed by atoms with van der Waals surface area (Å²) in [6.07, 6.45) is -3.30. The van der Waals surface area contributed by atoms with Gasteiger partial charge in [-0.2, -0.15) is 0 Å². The Bertz CT molecular complexity index is 203. The average Bonchev–Trinajstić information content (AvgIpc) is 2.02. The molecule has 6 heteroatoms. The highest BCUT2D eigenvalue weighted by Crippen LogP contribution is 2.20. The van der Waals surface area contributed by atoms with Crippen LogP contribution in [-0.2, 0) is 9.53 Å². The maximum Gasteiger partial charge on any atom is 0.348 e. The Labute approximate surface area is 75.5 Å². The Hall–Kier alpha value is -0.520. The molecule has 0 aromatic carbocycles. The third kappa shape index (κ3) is 3.25. The fraction of sp³-hybridized carbons (Fsp3) is 0.500. The van der Waals surface area contributed by atoms with E-state index in [2.05, 4.69) is 20.7 Å². The van der Waals surface area contributed by atoms with E-state index in [4.69, 9.17) is 0 Å². The first kappa shape index (κ1) is 11.5. The standard InChI is InChI=1S/C6H6BrF3O2/c1-2-12-6(11)3(7)4(8)5(9)10/h5H,2H2,1H3/b4-3+. The smallest absolute Gasteiger partial charge is 0.348 e. The number of halogens is 4. The minimum Gasteiger partial charge on any atom is -0.462 e. The Morgan fingerprint density at radius 2 is 2.08 bits per heavy atom. The lowest BCUT2D eigenvalue weighted by molar-refractivity contribution is -0.137. The quantitative estimate of drug-likeness (QED) is 0.565. The van der Waals surface area contributed by atoms with Crippen molar-refractivity contribution in [3.8, 4) is 0 Å². The van der Waals surface area contributed by atoms with Gasteiger partial charge < -0.3 is 4.74 Å². The molecule has 0 bridgehead atoms. The zero-order chi connectivity index (χ0) is 9.72. The van der Waals surface area contributed by atoms with Crippen LogP contribution in [0.3, 0.4) is 0 Å². The van der Waals surface area contributed by atoms with Gasteiger partial charge in [0.1, 0.15) is 4.48 Å². The molecular formula is C6H6BrF3O2. The first-order chi connectivity index (χ1) is 5.50. The molecule has 0 aromatic heterocycles. The molecule has 0 spiro atoms. The molecule has 0 atom stereocenters. The first-order valence-electron chi connectivity index (χ1n) is 3.01. The van der Waals surface area contributed by atoms with Gasteiger partial charge in [0.15, 0.2) is 5.83 Å². The average molecular weight is 247 g/mol. The summed E-state index contributed by atoms with van der Waals surface area (Å²) in [5.74, 6) is -2.94. The lowest BCUT2D eigenvalue weighted by Crippen LogP contribution is -2.07. The molecule has 70 valence electrons. The summed E-state index contributed by atoms with van der Waals surface area (Å²) in [5, 5.41) is 0. The van der Waals surface area contributed by atoms with E-state index in [1.54, 1.807) is 0 Å². The molecule has 0 aliphatic carbocycles. The van der Waals surface area contributed by atoms with E-state index in [0.29, 0.717) is 0 Å². The van der Waals surface area contributed by atoms with Crippen LogP contribution in [0.25, 0.3) is 0 Å². The van der Waals surface area contributed by atoms with Crippen LogP contribution in [0, 0.1) is 0 Å². The third-order valence-corrected chi connectivity index (χ3v) is 1.56. The van der Waals surface area contributed by atoms with E-state index in [-0.39, 0.29) is 6.61 Å². The van der Waals surface area contributed by atoms with E-state index in [0.717, 1.165) is 0 Å². The van der Waals surface area contributed by atoms with Crippen molar-refractivity contribution in [1.29, 1.82) is 0 Å². The number of hydrogen-bond acceptors (Lipinski definition) is 2. The van der Waals surface area contributed by atoms with Crippen molar-refractivity contribution in [2.45, 2.75) is 13.3 Å². The highest BCUT2D eigenvalue weighted by atomic mass is 79.9. The van der Waals surface area contributed by atoms with Crippen molar-refractivity contribution < 1.29 is 22.7 Å². The fourth-order valence-corrected chi connectivity index (χ4v) is 0.675. The maximum absolute atomic E-state index is 12.3. The molecule has 0 amide bonds. The van der Waals surface area contributed by atoms with Gasteiger partial charge in [-0.1, -0.05) is 0 Å². The predicted octanol–water partition coefficient (Wildman–Crippen LogP) is 2.39.